The zero-order chi connectivity index (χ0) is 18.1. The van der Waals surface area contributed by atoms with Crippen molar-refractivity contribution in [1.82, 2.24) is 10.6 Å². The Morgan fingerprint density at radius 2 is 2.15 bits per heavy atom. The molecule has 1 fully saturated rings. The molecule has 1 aliphatic heterocycles. The third-order valence-electron chi connectivity index (χ3n) is 4.47. The molecule has 1 aliphatic rings. The van der Waals surface area contributed by atoms with Gasteiger partial charge in [0.2, 0.25) is 0 Å². The summed E-state index contributed by atoms with van der Waals surface area (Å²) in [6, 6.07) is 6.18. The predicted molar refractivity (Wildman–Crippen MR) is 110 cm³/mol. The second kappa shape index (κ2) is 11.7. The zero-order valence-corrected chi connectivity index (χ0v) is 17.4. The molecule has 0 radical (unpaired) electrons. The summed E-state index contributed by atoms with van der Waals surface area (Å²) in [6.45, 7) is 4.68. The van der Waals surface area contributed by atoms with Gasteiger partial charge in [-0.25, -0.2) is 4.39 Å². The molecule has 0 aromatic heterocycles. The Balaban J connectivity index is 0.00000338. The molecule has 2 atom stereocenters. The van der Waals surface area contributed by atoms with Crippen LogP contribution in [0.25, 0.3) is 0 Å². The fourth-order valence-corrected chi connectivity index (χ4v) is 2.92. The van der Waals surface area contributed by atoms with Gasteiger partial charge in [-0.1, -0.05) is 18.2 Å². The minimum absolute atomic E-state index is 0. The SMILES string of the molecule is CCNC(=NCC1(CCO)CCOC1)NCC(O)c1ccccc1F.I. The summed E-state index contributed by atoms with van der Waals surface area (Å²) in [5.41, 5.74) is 0.119. The van der Waals surface area contributed by atoms with E-state index in [1.165, 1.54) is 6.07 Å². The maximum Gasteiger partial charge on any atom is 0.191 e. The Hall–Kier alpha value is -0.970. The summed E-state index contributed by atoms with van der Waals surface area (Å²) in [5, 5.41) is 25.6. The lowest BCUT2D eigenvalue weighted by Gasteiger charge is -2.25. The summed E-state index contributed by atoms with van der Waals surface area (Å²) in [6.07, 6.45) is 0.550. The van der Waals surface area contributed by atoms with Gasteiger partial charge in [-0.2, -0.15) is 0 Å². The molecule has 1 aromatic carbocycles. The first-order chi connectivity index (χ1) is 12.1. The highest BCUT2D eigenvalue weighted by Gasteiger charge is 2.34. The maximum atomic E-state index is 13.7. The minimum Gasteiger partial charge on any atom is -0.396 e. The van der Waals surface area contributed by atoms with Gasteiger partial charge >= 0.3 is 0 Å². The lowest BCUT2D eigenvalue weighted by Crippen LogP contribution is -2.40. The van der Waals surface area contributed by atoms with Crippen molar-refractivity contribution in [3.05, 3.63) is 35.6 Å². The van der Waals surface area contributed by atoms with Gasteiger partial charge < -0.3 is 25.6 Å². The number of benzene rings is 1. The molecule has 1 heterocycles. The molecule has 148 valence electrons. The van der Waals surface area contributed by atoms with Crippen LogP contribution in [0, 0.1) is 11.2 Å². The Morgan fingerprint density at radius 3 is 2.77 bits per heavy atom. The van der Waals surface area contributed by atoms with Crippen molar-refractivity contribution in [3.63, 3.8) is 0 Å². The molecular formula is C18H29FIN3O3. The lowest BCUT2D eigenvalue weighted by atomic mass is 9.84. The Bertz CT molecular complexity index is 568. The quantitative estimate of drug-likeness (QED) is 0.259. The van der Waals surface area contributed by atoms with E-state index in [1.807, 2.05) is 6.92 Å². The normalized spacial score (nSPS) is 21.2. The molecule has 6 nitrogen and oxygen atoms in total. The average Bonchev–Trinajstić information content (AvgIpc) is 3.07. The van der Waals surface area contributed by atoms with Gasteiger partial charge in [0.05, 0.1) is 19.3 Å². The molecule has 8 heteroatoms. The van der Waals surface area contributed by atoms with E-state index in [-0.39, 0.29) is 48.1 Å². The van der Waals surface area contributed by atoms with Crippen LogP contribution in [0.5, 0.6) is 0 Å². The lowest BCUT2D eigenvalue weighted by molar-refractivity contribution is 0.131. The highest BCUT2D eigenvalue weighted by Crippen LogP contribution is 2.32. The van der Waals surface area contributed by atoms with Gasteiger partial charge in [0.1, 0.15) is 5.82 Å². The van der Waals surface area contributed by atoms with Crippen LogP contribution in [0.15, 0.2) is 29.3 Å². The first kappa shape index (κ1) is 23.1. The largest absolute Gasteiger partial charge is 0.396 e. The fourth-order valence-electron chi connectivity index (χ4n) is 2.92. The van der Waals surface area contributed by atoms with Crippen LogP contribution in [0.2, 0.25) is 0 Å². The summed E-state index contributed by atoms with van der Waals surface area (Å²) in [5.74, 6) is 0.130. The van der Waals surface area contributed by atoms with E-state index < -0.39 is 11.9 Å². The van der Waals surface area contributed by atoms with E-state index in [0.29, 0.717) is 38.7 Å². The van der Waals surface area contributed by atoms with Crippen LogP contribution in [0.1, 0.15) is 31.4 Å². The standard InChI is InChI=1S/C18H28FN3O3.HI/c1-2-20-17(22-12-18(7-9-23)8-10-25-13-18)21-11-16(24)14-5-3-4-6-15(14)19;/h3-6,16,23-24H,2,7-13H2,1H3,(H2,20,21,22);1H. The van der Waals surface area contributed by atoms with Crippen molar-refractivity contribution in [2.24, 2.45) is 10.4 Å². The molecular weight excluding hydrogens is 452 g/mol. The van der Waals surface area contributed by atoms with Gasteiger partial charge in [0.15, 0.2) is 5.96 Å². The van der Waals surface area contributed by atoms with E-state index >= 15 is 0 Å². The smallest absolute Gasteiger partial charge is 0.191 e. The van der Waals surface area contributed by atoms with Gasteiger partial charge in [0, 0.05) is 37.3 Å². The number of nitrogens with zero attached hydrogens (tertiary/aromatic N) is 1. The number of aliphatic hydroxyl groups excluding tert-OH is 2. The van der Waals surface area contributed by atoms with Gasteiger partial charge in [-0.3, -0.25) is 4.99 Å². The van der Waals surface area contributed by atoms with Crippen molar-refractivity contribution in [1.29, 1.82) is 0 Å². The van der Waals surface area contributed by atoms with Crippen LogP contribution in [-0.4, -0.2) is 55.6 Å². The van der Waals surface area contributed by atoms with Crippen LogP contribution in [-0.2, 0) is 4.74 Å². The fraction of sp³-hybridized carbons (Fsp3) is 0.611. The Morgan fingerprint density at radius 1 is 1.38 bits per heavy atom. The second-order valence-electron chi connectivity index (χ2n) is 6.39. The van der Waals surface area contributed by atoms with E-state index in [2.05, 4.69) is 15.6 Å². The maximum absolute atomic E-state index is 13.7. The number of hydrogen-bond donors (Lipinski definition) is 4. The molecule has 0 bridgehead atoms. The van der Waals surface area contributed by atoms with E-state index in [1.54, 1.807) is 18.2 Å². The topological polar surface area (TPSA) is 86.1 Å². The minimum atomic E-state index is -0.966. The summed E-state index contributed by atoms with van der Waals surface area (Å²) in [4.78, 5) is 4.57. The van der Waals surface area contributed by atoms with Crippen molar-refractivity contribution in [2.75, 3.05) is 39.5 Å². The Labute approximate surface area is 171 Å². The van der Waals surface area contributed by atoms with Crippen molar-refractivity contribution < 1.29 is 19.3 Å². The molecule has 4 N–H and O–H groups in total. The van der Waals surface area contributed by atoms with E-state index in [0.717, 1.165) is 6.42 Å². The molecule has 0 spiro atoms. The molecule has 1 saturated heterocycles. The van der Waals surface area contributed by atoms with Crippen LogP contribution in [0.3, 0.4) is 0 Å². The van der Waals surface area contributed by atoms with Crippen molar-refractivity contribution in [2.45, 2.75) is 25.9 Å². The monoisotopic (exact) mass is 481 g/mol. The number of ether oxygens (including phenoxy) is 1. The number of guanidine groups is 1. The van der Waals surface area contributed by atoms with Gasteiger partial charge in [0.25, 0.3) is 0 Å². The summed E-state index contributed by atoms with van der Waals surface area (Å²) in [7, 11) is 0. The number of halogens is 2. The second-order valence-corrected chi connectivity index (χ2v) is 6.39. The highest BCUT2D eigenvalue weighted by atomic mass is 127. The number of rotatable bonds is 8. The molecule has 2 rings (SSSR count). The van der Waals surface area contributed by atoms with Crippen LogP contribution < -0.4 is 10.6 Å². The van der Waals surface area contributed by atoms with Crippen LogP contribution >= 0.6 is 24.0 Å². The average molecular weight is 481 g/mol. The van der Waals surface area contributed by atoms with Gasteiger partial charge in [-0.05, 0) is 25.8 Å². The first-order valence-electron chi connectivity index (χ1n) is 8.73. The highest BCUT2D eigenvalue weighted by molar-refractivity contribution is 14.0. The number of aliphatic imine (C=N–C) groups is 1. The molecule has 1 aromatic rings. The summed E-state index contributed by atoms with van der Waals surface area (Å²) >= 11 is 0. The van der Waals surface area contributed by atoms with Crippen molar-refractivity contribution >= 4 is 29.9 Å². The third-order valence-corrected chi connectivity index (χ3v) is 4.47. The number of hydrogen-bond acceptors (Lipinski definition) is 4. The summed E-state index contributed by atoms with van der Waals surface area (Å²) < 4.78 is 19.2. The molecule has 2 unspecified atom stereocenters. The third kappa shape index (κ3) is 6.64. The molecule has 0 aliphatic carbocycles. The Kier molecular flexibility index (Phi) is 10.4. The number of nitrogens with one attached hydrogen (secondary N) is 2. The van der Waals surface area contributed by atoms with E-state index in [9.17, 15) is 14.6 Å². The zero-order valence-electron chi connectivity index (χ0n) is 15.1. The molecule has 26 heavy (non-hydrogen) atoms. The number of aliphatic hydroxyl groups is 2. The van der Waals surface area contributed by atoms with Crippen LogP contribution in [0.4, 0.5) is 4.39 Å². The van der Waals surface area contributed by atoms with Gasteiger partial charge in [-0.15, -0.1) is 24.0 Å². The first-order valence-corrected chi connectivity index (χ1v) is 8.73. The molecule has 0 amide bonds. The van der Waals surface area contributed by atoms with Crippen molar-refractivity contribution in [3.8, 4) is 0 Å². The van der Waals surface area contributed by atoms with E-state index in [4.69, 9.17) is 4.74 Å². The predicted octanol–water partition coefficient (Wildman–Crippen LogP) is 1.82. The molecule has 0 saturated carbocycles.